The third-order valence-corrected chi connectivity index (χ3v) is 4.53. The van der Waals surface area contributed by atoms with E-state index in [1.807, 2.05) is 18.2 Å². The molecule has 0 aliphatic heterocycles. The van der Waals surface area contributed by atoms with Crippen molar-refractivity contribution in [3.8, 4) is 11.5 Å². The number of nitrogens with two attached hydrogens (primary N) is 1. The van der Waals surface area contributed by atoms with E-state index in [-0.39, 0.29) is 17.9 Å². The predicted molar refractivity (Wildman–Crippen MR) is 93.7 cm³/mol. The Morgan fingerprint density at radius 1 is 1.21 bits per heavy atom. The quantitative estimate of drug-likeness (QED) is 0.826. The lowest BCUT2D eigenvalue weighted by atomic mass is 9.85. The van der Waals surface area contributed by atoms with Crippen molar-refractivity contribution in [3.63, 3.8) is 0 Å². The molecular formula is C18H28N2O4. The summed E-state index contributed by atoms with van der Waals surface area (Å²) in [6.45, 7) is 0.968. The molecule has 0 saturated heterocycles. The lowest BCUT2D eigenvalue weighted by Gasteiger charge is -2.31. The van der Waals surface area contributed by atoms with Crippen molar-refractivity contribution >= 4 is 11.6 Å². The average molecular weight is 336 g/mol. The van der Waals surface area contributed by atoms with E-state index in [0.29, 0.717) is 24.7 Å². The molecule has 2 atom stereocenters. The molecule has 1 amide bonds. The smallest absolute Gasteiger partial charge is 0.230 e. The van der Waals surface area contributed by atoms with Crippen molar-refractivity contribution in [2.45, 2.75) is 31.7 Å². The maximum Gasteiger partial charge on any atom is 0.230 e. The number of hydrogen-bond acceptors (Lipinski definition) is 5. The number of carbonyl (C=O) groups excluding carboxylic acids is 1. The molecule has 0 bridgehead atoms. The van der Waals surface area contributed by atoms with Crippen molar-refractivity contribution in [1.29, 1.82) is 0 Å². The molecule has 1 aliphatic carbocycles. The molecule has 6 heteroatoms. The average Bonchev–Trinajstić information content (AvgIpc) is 2.61. The number of benzene rings is 1. The molecule has 1 aromatic rings. The van der Waals surface area contributed by atoms with Crippen LogP contribution < -0.4 is 20.1 Å². The topological polar surface area (TPSA) is 74.0 Å². The molecule has 134 valence electrons. The van der Waals surface area contributed by atoms with Gasteiger partial charge in [0, 0.05) is 37.4 Å². The Morgan fingerprint density at radius 2 is 1.96 bits per heavy atom. The third-order valence-electron chi connectivity index (χ3n) is 4.53. The predicted octanol–water partition coefficient (Wildman–Crippen LogP) is 2.20. The SMILES string of the molecule is COCCN(C(=O)C1CCCC(N)C1)c1ccc(OC)c(OC)c1. The van der Waals surface area contributed by atoms with Crippen LogP contribution in [0.25, 0.3) is 0 Å². The number of carbonyl (C=O) groups is 1. The van der Waals surface area contributed by atoms with E-state index in [1.165, 1.54) is 0 Å². The number of rotatable bonds is 7. The normalized spacial score (nSPS) is 20.5. The Balaban J connectivity index is 2.25. The molecule has 0 spiro atoms. The van der Waals surface area contributed by atoms with Crippen molar-refractivity contribution < 1.29 is 19.0 Å². The number of ether oxygens (including phenoxy) is 3. The molecule has 6 nitrogen and oxygen atoms in total. The fourth-order valence-electron chi connectivity index (χ4n) is 3.21. The summed E-state index contributed by atoms with van der Waals surface area (Å²) >= 11 is 0. The van der Waals surface area contributed by atoms with Crippen LogP contribution in [-0.2, 0) is 9.53 Å². The Kier molecular flexibility index (Phi) is 6.87. The molecular weight excluding hydrogens is 308 g/mol. The van der Waals surface area contributed by atoms with Gasteiger partial charge in [-0.05, 0) is 31.4 Å². The zero-order chi connectivity index (χ0) is 17.5. The second-order valence-corrected chi connectivity index (χ2v) is 6.15. The lowest BCUT2D eigenvalue weighted by Crippen LogP contribution is -2.42. The number of methoxy groups -OCH3 is 3. The Bertz CT molecular complexity index is 550. The van der Waals surface area contributed by atoms with E-state index in [2.05, 4.69) is 0 Å². The van der Waals surface area contributed by atoms with Crippen molar-refractivity contribution in [3.05, 3.63) is 18.2 Å². The maximum atomic E-state index is 13.0. The Morgan fingerprint density at radius 3 is 2.58 bits per heavy atom. The molecule has 0 aromatic heterocycles. The zero-order valence-electron chi connectivity index (χ0n) is 14.8. The first kappa shape index (κ1) is 18.5. The highest BCUT2D eigenvalue weighted by Crippen LogP contribution is 2.33. The van der Waals surface area contributed by atoms with E-state index in [4.69, 9.17) is 19.9 Å². The standard InChI is InChI=1S/C18H28N2O4/c1-22-10-9-20(18(21)13-5-4-6-14(19)11-13)15-7-8-16(23-2)17(12-15)24-3/h7-8,12-14H,4-6,9-11,19H2,1-3H3. The van der Waals surface area contributed by atoms with Crippen LogP contribution in [0.4, 0.5) is 5.69 Å². The molecule has 1 saturated carbocycles. The van der Waals surface area contributed by atoms with Crippen LogP contribution in [0, 0.1) is 5.92 Å². The minimum Gasteiger partial charge on any atom is -0.493 e. The summed E-state index contributed by atoms with van der Waals surface area (Å²) in [5.41, 5.74) is 6.84. The minimum absolute atomic E-state index is 0.0290. The third kappa shape index (κ3) is 4.39. The molecule has 0 radical (unpaired) electrons. The summed E-state index contributed by atoms with van der Waals surface area (Å²) in [6, 6.07) is 5.63. The highest BCUT2D eigenvalue weighted by molar-refractivity contribution is 5.95. The van der Waals surface area contributed by atoms with Gasteiger partial charge in [0.2, 0.25) is 5.91 Å². The van der Waals surface area contributed by atoms with Crippen LogP contribution in [0.15, 0.2) is 18.2 Å². The van der Waals surface area contributed by atoms with Gasteiger partial charge in [-0.15, -0.1) is 0 Å². The van der Waals surface area contributed by atoms with Gasteiger partial charge in [-0.1, -0.05) is 6.42 Å². The minimum atomic E-state index is -0.0290. The number of anilines is 1. The molecule has 2 unspecified atom stereocenters. The fraction of sp³-hybridized carbons (Fsp3) is 0.611. The molecule has 1 aliphatic rings. The molecule has 24 heavy (non-hydrogen) atoms. The first-order chi connectivity index (χ1) is 11.6. The van der Waals surface area contributed by atoms with Gasteiger partial charge in [0.1, 0.15) is 0 Å². The van der Waals surface area contributed by atoms with Gasteiger partial charge < -0.3 is 24.8 Å². The molecule has 0 heterocycles. The number of amides is 1. The summed E-state index contributed by atoms with van der Waals surface area (Å²) in [4.78, 5) is 14.8. The van der Waals surface area contributed by atoms with Crippen LogP contribution in [0.5, 0.6) is 11.5 Å². The molecule has 1 fully saturated rings. The zero-order valence-corrected chi connectivity index (χ0v) is 14.8. The van der Waals surface area contributed by atoms with E-state index in [1.54, 1.807) is 26.2 Å². The summed E-state index contributed by atoms with van der Waals surface area (Å²) in [5.74, 6) is 1.32. The second kappa shape index (κ2) is 8.89. The maximum absolute atomic E-state index is 13.0. The summed E-state index contributed by atoms with van der Waals surface area (Å²) in [5, 5.41) is 0. The first-order valence-corrected chi connectivity index (χ1v) is 8.38. The largest absolute Gasteiger partial charge is 0.493 e. The van der Waals surface area contributed by atoms with Crippen LogP contribution in [0.3, 0.4) is 0 Å². The van der Waals surface area contributed by atoms with Gasteiger partial charge in [0.15, 0.2) is 11.5 Å². The van der Waals surface area contributed by atoms with E-state index < -0.39 is 0 Å². The summed E-state index contributed by atoms with van der Waals surface area (Å²) < 4.78 is 15.8. The van der Waals surface area contributed by atoms with Crippen LogP contribution in [0.1, 0.15) is 25.7 Å². The van der Waals surface area contributed by atoms with Gasteiger partial charge >= 0.3 is 0 Å². The van der Waals surface area contributed by atoms with Gasteiger partial charge in [-0.2, -0.15) is 0 Å². The van der Waals surface area contributed by atoms with Gasteiger partial charge in [0.25, 0.3) is 0 Å². The lowest BCUT2D eigenvalue weighted by molar-refractivity contribution is -0.123. The van der Waals surface area contributed by atoms with E-state index in [0.717, 1.165) is 31.4 Å². The van der Waals surface area contributed by atoms with Crippen molar-refractivity contribution in [2.24, 2.45) is 11.7 Å². The fourth-order valence-corrected chi connectivity index (χ4v) is 3.21. The second-order valence-electron chi connectivity index (χ2n) is 6.15. The monoisotopic (exact) mass is 336 g/mol. The van der Waals surface area contributed by atoms with Crippen molar-refractivity contribution in [1.82, 2.24) is 0 Å². The van der Waals surface area contributed by atoms with Crippen LogP contribution in [0.2, 0.25) is 0 Å². The highest BCUT2D eigenvalue weighted by atomic mass is 16.5. The van der Waals surface area contributed by atoms with Crippen LogP contribution >= 0.6 is 0 Å². The number of hydrogen-bond donors (Lipinski definition) is 1. The van der Waals surface area contributed by atoms with Crippen LogP contribution in [-0.4, -0.2) is 46.4 Å². The Hall–Kier alpha value is -1.79. The molecule has 2 rings (SSSR count). The Labute approximate surface area is 143 Å². The number of nitrogens with zero attached hydrogens (tertiary/aromatic N) is 1. The van der Waals surface area contributed by atoms with E-state index >= 15 is 0 Å². The summed E-state index contributed by atoms with van der Waals surface area (Å²) in [7, 11) is 4.81. The van der Waals surface area contributed by atoms with E-state index in [9.17, 15) is 4.79 Å². The molecule has 1 aromatic carbocycles. The summed E-state index contributed by atoms with van der Waals surface area (Å²) in [6.07, 6.45) is 3.64. The van der Waals surface area contributed by atoms with Gasteiger partial charge in [-0.3, -0.25) is 4.79 Å². The first-order valence-electron chi connectivity index (χ1n) is 8.38. The molecule has 2 N–H and O–H groups in total. The van der Waals surface area contributed by atoms with Gasteiger partial charge in [0.05, 0.1) is 20.8 Å². The van der Waals surface area contributed by atoms with Gasteiger partial charge in [-0.25, -0.2) is 0 Å². The van der Waals surface area contributed by atoms with Crippen molar-refractivity contribution in [2.75, 3.05) is 39.4 Å². The highest BCUT2D eigenvalue weighted by Gasteiger charge is 2.30.